The van der Waals surface area contributed by atoms with Crippen molar-refractivity contribution in [3.05, 3.63) is 64.7 Å². The molecule has 1 saturated heterocycles. The van der Waals surface area contributed by atoms with Crippen LogP contribution < -0.4 is 4.74 Å². The SMILES string of the molecule is Cc1ccccc1Oc1c(F)c(F)c(/C=C/CN2CCOCC2)c(F)c1F.Cl. The number of nitrogens with zero attached hydrogens (tertiary/aromatic N) is 1. The van der Waals surface area contributed by atoms with Crippen molar-refractivity contribution < 1.29 is 27.0 Å². The van der Waals surface area contributed by atoms with Gasteiger partial charge in [0.1, 0.15) is 5.75 Å². The van der Waals surface area contributed by atoms with Crippen LogP contribution in [0.5, 0.6) is 11.5 Å². The number of morpholine rings is 1. The Labute approximate surface area is 167 Å². The predicted molar refractivity (Wildman–Crippen MR) is 101 cm³/mol. The van der Waals surface area contributed by atoms with Crippen molar-refractivity contribution in [1.82, 2.24) is 4.90 Å². The van der Waals surface area contributed by atoms with Crippen LogP contribution in [-0.4, -0.2) is 37.7 Å². The average molecular weight is 418 g/mol. The van der Waals surface area contributed by atoms with Gasteiger partial charge in [0, 0.05) is 19.6 Å². The molecule has 0 radical (unpaired) electrons. The minimum atomic E-state index is -1.57. The van der Waals surface area contributed by atoms with E-state index in [9.17, 15) is 17.6 Å². The van der Waals surface area contributed by atoms with Crippen LogP contribution in [-0.2, 0) is 4.74 Å². The molecule has 0 atom stereocenters. The van der Waals surface area contributed by atoms with Crippen molar-refractivity contribution in [1.29, 1.82) is 0 Å². The summed E-state index contributed by atoms with van der Waals surface area (Å²) in [6, 6.07) is 6.41. The summed E-state index contributed by atoms with van der Waals surface area (Å²) in [5.74, 6) is -7.09. The molecule has 152 valence electrons. The van der Waals surface area contributed by atoms with Crippen molar-refractivity contribution in [2.45, 2.75) is 6.92 Å². The molecule has 0 bridgehead atoms. The number of hydrogen-bond acceptors (Lipinski definition) is 3. The van der Waals surface area contributed by atoms with E-state index >= 15 is 0 Å². The van der Waals surface area contributed by atoms with Crippen LogP contribution in [0.2, 0.25) is 0 Å². The van der Waals surface area contributed by atoms with E-state index in [1.54, 1.807) is 25.1 Å². The third-order valence-electron chi connectivity index (χ3n) is 4.31. The van der Waals surface area contributed by atoms with E-state index in [4.69, 9.17) is 9.47 Å². The molecule has 2 aromatic rings. The van der Waals surface area contributed by atoms with Crippen LogP contribution in [0.4, 0.5) is 17.6 Å². The second-order valence-corrected chi connectivity index (χ2v) is 6.18. The molecule has 2 aromatic carbocycles. The molecule has 0 aliphatic carbocycles. The summed E-state index contributed by atoms with van der Waals surface area (Å²) < 4.78 is 67.6. The van der Waals surface area contributed by atoms with E-state index in [1.165, 1.54) is 12.1 Å². The monoisotopic (exact) mass is 417 g/mol. The van der Waals surface area contributed by atoms with Gasteiger partial charge in [-0.1, -0.05) is 30.4 Å². The van der Waals surface area contributed by atoms with Gasteiger partial charge in [0.2, 0.25) is 17.4 Å². The molecular weight excluding hydrogens is 398 g/mol. The topological polar surface area (TPSA) is 21.7 Å². The molecule has 0 N–H and O–H groups in total. The van der Waals surface area contributed by atoms with Gasteiger partial charge in [-0.2, -0.15) is 8.78 Å². The van der Waals surface area contributed by atoms with Gasteiger partial charge in [0.25, 0.3) is 0 Å². The Kier molecular flexibility index (Phi) is 7.86. The predicted octanol–water partition coefficient (Wildman–Crippen LogP) is 5.11. The highest BCUT2D eigenvalue weighted by molar-refractivity contribution is 5.85. The van der Waals surface area contributed by atoms with Crippen LogP contribution in [0.15, 0.2) is 30.3 Å². The fourth-order valence-electron chi connectivity index (χ4n) is 2.75. The van der Waals surface area contributed by atoms with E-state index in [0.29, 0.717) is 38.4 Å². The maximum absolute atomic E-state index is 14.3. The first kappa shape index (κ1) is 22.2. The summed E-state index contributed by atoms with van der Waals surface area (Å²) in [6.45, 7) is 4.56. The summed E-state index contributed by atoms with van der Waals surface area (Å²) in [7, 11) is 0. The fraction of sp³-hybridized carbons (Fsp3) is 0.300. The van der Waals surface area contributed by atoms with Gasteiger partial charge in [-0.15, -0.1) is 12.4 Å². The molecular formula is C20H20ClF4NO2. The van der Waals surface area contributed by atoms with Crippen LogP contribution in [0, 0.1) is 30.2 Å². The Bertz CT molecular complexity index is 825. The van der Waals surface area contributed by atoms with Gasteiger partial charge in [-0.05, 0) is 18.6 Å². The summed E-state index contributed by atoms with van der Waals surface area (Å²) in [5, 5.41) is 0. The number of hydrogen-bond donors (Lipinski definition) is 0. The first-order valence-electron chi connectivity index (χ1n) is 8.55. The molecule has 3 nitrogen and oxygen atoms in total. The highest BCUT2D eigenvalue weighted by Crippen LogP contribution is 2.34. The molecule has 1 heterocycles. The first-order valence-corrected chi connectivity index (χ1v) is 8.55. The molecule has 1 aliphatic heterocycles. The van der Waals surface area contributed by atoms with Crippen LogP contribution in [0.1, 0.15) is 11.1 Å². The highest BCUT2D eigenvalue weighted by Gasteiger charge is 2.26. The number of ether oxygens (including phenoxy) is 2. The summed E-state index contributed by atoms with van der Waals surface area (Å²) >= 11 is 0. The zero-order valence-electron chi connectivity index (χ0n) is 15.2. The molecule has 0 amide bonds. The second kappa shape index (κ2) is 9.91. The number of halogens is 5. The highest BCUT2D eigenvalue weighted by atomic mass is 35.5. The van der Waals surface area contributed by atoms with E-state index in [1.807, 2.05) is 4.90 Å². The zero-order chi connectivity index (χ0) is 19.4. The lowest BCUT2D eigenvalue weighted by molar-refractivity contribution is 0.0435. The van der Waals surface area contributed by atoms with E-state index in [0.717, 1.165) is 6.08 Å². The van der Waals surface area contributed by atoms with Gasteiger partial charge in [-0.25, -0.2) is 8.78 Å². The van der Waals surface area contributed by atoms with Crippen molar-refractivity contribution in [3.8, 4) is 11.5 Å². The number of aryl methyl sites for hydroxylation is 1. The van der Waals surface area contributed by atoms with Gasteiger partial charge in [0.15, 0.2) is 11.6 Å². The third kappa shape index (κ3) is 4.84. The number of para-hydroxylation sites is 1. The van der Waals surface area contributed by atoms with Crippen LogP contribution in [0.25, 0.3) is 6.08 Å². The van der Waals surface area contributed by atoms with E-state index < -0.39 is 34.6 Å². The summed E-state index contributed by atoms with van der Waals surface area (Å²) in [6.07, 6.45) is 2.51. The Morgan fingerprint density at radius 3 is 2.21 bits per heavy atom. The van der Waals surface area contributed by atoms with Gasteiger partial charge in [-0.3, -0.25) is 4.90 Å². The summed E-state index contributed by atoms with van der Waals surface area (Å²) in [4.78, 5) is 2.00. The Morgan fingerprint density at radius 2 is 1.61 bits per heavy atom. The molecule has 1 fully saturated rings. The standard InChI is InChI=1S/C20H19F4NO2.ClH/c1-13-5-2-3-7-15(13)27-20-18(23)16(21)14(17(22)19(20)24)6-4-8-25-9-11-26-12-10-25;/h2-7H,8-12H2,1H3;1H/b6-4+;. The molecule has 0 aromatic heterocycles. The van der Waals surface area contributed by atoms with Crippen molar-refractivity contribution in [2.75, 3.05) is 32.8 Å². The molecule has 3 rings (SSSR count). The Hall–Kier alpha value is -2.09. The Morgan fingerprint density at radius 1 is 1.00 bits per heavy atom. The molecule has 0 spiro atoms. The Balaban J connectivity index is 0.00000280. The van der Waals surface area contributed by atoms with Crippen molar-refractivity contribution in [3.63, 3.8) is 0 Å². The molecule has 0 unspecified atom stereocenters. The fourth-order valence-corrected chi connectivity index (χ4v) is 2.75. The zero-order valence-corrected chi connectivity index (χ0v) is 16.0. The maximum atomic E-state index is 14.3. The lowest BCUT2D eigenvalue weighted by Crippen LogP contribution is -2.36. The van der Waals surface area contributed by atoms with Gasteiger partial charge >= 0.3 is 0 Å². The largest absolute Gasteiger partial charge is 0.451 e. The molecule has 28 heavy (non-hydrogen) atoms. The van der Waals surface area contributed by atoms with E-state index in [-0.39, 0.29) is 18.2 Å². The summed E-state index contributed by atoms with van der Waals surface area (Å²) in [5.41, 5.74) is -0.193. The lowest BCUT2D eigenvalue weighted by atomic mass is 10.1. The van der Waals surface area contributed by atoms with Gasteiger partial charge < -0.3 is 9.47 Å². The minimum Gasteiger partial charge on any atom is -0.451 e. The quantitative estimate of drug-likeness (QED) is 0.498. The smallest absolute Gasteiger partial charge is 0.205 e. The normalized spacial score (nSPS) is 14.9. The molecule has 1 aliphatic rings. The number of rotatable bonds is 5. The first-order chi connectivity index (χ1) is 13.0. The average Bonchev–Trinajstić information content (AvgIpc) is 2.68. The van der Waals surface area contributed by atoms with Crippen molar-refractivity contribution >= 4 is 18.5 Å². The van der Waals surface area contributed by atoms with E-state index in [2.05, 4.69) is 0 Å². The third-order valence-corrected chi connectivity index (χ3v) is 4.31. The second-order valence-electron chi connectivity index (χ2n) is 6.18. The van der Waals surface area contributed by atoms with Crippen LogP contribution >= 0.6 is 12.4 Å². The number of benzene rings is 2. The lowest BCUT2D eigenvalue weighted by Gasteiger charge is -2.25. The minimum absolute atomic E-state index is 0. The molecule has 0 saturated carbocycles. The van der Waals surface area contributed by atoms with Gasteiger partial charge in [0.05, 0.1) is 18.8 Å². The van der Waals surface area contributed by atoms with Crippen molar-refractivity contribution in [2.24, 2.45) is 0 Å². The maximum Gasteiger partial charge on any atom is 0.205 e. The molecule has 8 heteroatoms. The van der Waals surface area contributed by atoms with Crippen LogP contribution in [0.3, 0.4) is 0 Å².